The predicted molar refractivity (Wildman–Crippen MR) is 138 cm³/mol. The lowest BCUT2D eigenvalue weighted by atomic mass is 9.98. The van der Waals surface area contributed by atoms with Gasteiger partial charge in [0.2, 0.25) is 5.91 Å². The van der Waals surface area contributed by atoms with Crippen molar-refractivity contribution >= 4 is 11.7 Å². The topological polar surface area (TPSA) is 113 Å². The molecular weight excluding hydrogens is 452 g/mol. The third-order valence-electron chi connectivity index (χ3n) is 5.95. The summed E-state index contributed by atoms with van der Waals surface area (Å²) in [5.74, 6) is 0.300. The Hall–Kier alpha value is -4.61. The lowest BCUT2D eigenvalue weighted by molar-refractivity contribution is -0.118. The third kappa shape index (κ3) is 5.90. The largest absolute Gasteiger partial charge is 0.309 e. The first kappa shape index (κ1) is 24.5. The number of nitrogens with one attached hydrogen (secondary N) is 2. The molecule has 4 rings (SSSR count). The van der Waals surface area contributed by atoms with Gasteiger partial charge in [-0.25, -0.2) is 9.67 Å². The molecule has 2 heterocycles. The van der Waals surface area contributed by atoms with Crippen molar-refractivity contribution in [3.63, 3.8) is 0 Å². The maximum Gasteiger partial charge on any atom is 0.267 e. The fourth-order valence-corrected chi connectivity index (χ4v) is 3.77. The normalized spacial score (nSPS) is 12.4. The molecule has 8 nitrogen and oxygen atoms in total. The molecule has 2 N–H and O–H groups in total. The van der Waals surface area contributed by atoms with Crippen LogP contribution in [0.4, 0.5) is 5.82 Å². The van der Waals surface area contributed by atoms with Crippen molar-refractivity contribution in [1.82, 2.24) is 20.1 Å². The minimum atomic E-state index is -0.588. The van der Waals surface area contributed by atoms with Crippen molar-refractivity contribution in [3.8, 4) is 17.2 Å². The molecular formula is C28H26N6O2. The number of pyridine rings is 1. The van der Waals surface area contributed by atoms with Crippen LogP contribution in [0.15, 0.2) is 90.0 Å². The fraction of sp³-hybridized carbons (Fsp3) is 0.179. The van der Waals surface area contributed by atoms with Crippen molar-refractivity contribution in [2.45, 2.75) is 18.9 Å². The van der Waals surface area contributed by atoms with E-state index < -0.39 is 6.04 Å². The second-order valence-corrected chi connectivity index (χ2v) is 8.51. The lowest BCUT2D eigenvalue weighted by Crippen LogP contribution is -2.35. The molecule has 2 atom stereocenters. The van der Waals surface area contributed by atoms with Crippen molar-refractivity contribution in [1.29, 1.82) is 5.26 Å². The number of anilines is 1. The van der Waals surface area contributed by atoms with Crippen molar-refractivity contribution in [3.05, 3.63) is 112 Å². The van der Waals surface area contributed by atoms with Crippen LogP contribution in [-0.2, 0) is 11.8 Å². The Kier molecular flexibility index (Phi) is 7.63. The maximum atomic E-state index is 13.3. The van der Waals surface area contributed by atoms with E-state index in [1.807, 2.05) is 42.5 Å². The van der Waals surface area contributed by atoms with E-state index in [1.165, 1.54) is 10.7 Å². The Labute approximate surface area is 209 Å². The summed E-state index contributed by atoms with van der Waals surface area (Å²) in [7, 11) is 1.59. The van der Waals surface area contributed by atoms with Crippen LogP contribution in [0, 0.1) is 11.3 Å². The molecule has 0 aliphatic carbocycles. The lowest BCUT2D eigenvalue weighted by Gasteiger charge is -2.21. The van der Waals surface area contributed by atoms with E-state index in [9.17, 15) is 9.59 Å². The number of carbonyl (C=O) groups is 1. The van der Waals surface area contributed by atoms with Crippen molar-refractivity contribution < 1.29 is 4.79 Å². The second kappa shape index (κ2) is 11.2. The van der Waals surface area contributed by atoms with E-state index in [0.717, 1.165) is 16.7 Å². The standard InChI is InChI=1S/C28H26N6O2/c1-19(21-10-8-20(15-29)9-11-21)16-31-27(22-6-4-3-5-7-22)28(36)33-25-13-12-23(17-30-25)24-14-26(35)34(2)32-18-24/h3-14,17-19,27,31H,16H2,1-2H3,(H,30,33,36)/t19-,27+/m0/s1. The highest BCUT2D eigenvalue weighted by atomic mass is 16.2. The van der Waals surface area contributed by atoms with Gasteiger partial charge < -0.3 is 10.6 Å². The zero-order valence-electron chi connectivity index (χ0n) is 20.1. The van der Waals surface area contributed by atoms with Gasteiger partial charge in [-0.1, -0.05) is 49.4 Å². The molecule has 0 saturated carbocycles. The Morgan fingerprint density at radius 3 is 2.39 bits per heavy atom. The molecule has 0 saturated heterocycles. The number of amides is 1. The first-order chi connectivity index (χ1) is 17.4. The van der Waals surface area contributed by atoms with Crippen LogP contribution in [-0.4, -0.2) is 27.2 Å². The first-order valence-electron chi connectivity index (χ1n) is 11.5. The van der Waals surface area contributed by atoms with E-state index in [-0.39, 0.29) is 17.4 Å². The quantitative estimate of drug-likeness (QED) is 0.398. The minimum absolute atomic E-state index is 0.126. The Morgan fingerprint density at radius 2 is 1.75 bits per heavy atom. The molecule has 0 bridgehead atoms. The molecule has 2 aromatic carbocycles. The molecule has 0 spiro atoms. The van der Waals surface area contributed by atoms with Gasteiger partial charge >= 0.3 is 0 Å². The van der Waals surface area contributed by atoms with Gasteiger partial charge in [-0.3, -0.25) is 9.59 Å². The highest BCUT2D eigenvalue weighted by molar-refractivity contribution is 5.95. The Balaban J connectivity index is 1.47. The number of carbonyl (C=O) groups excluding carboxylic acids is 1. The molecule has 180 valence electrons. The van der Waals surface area contributed by atoms with Crippen LogP contribution in [0.3, 0.4) is 0 Å². The van der Waals surface area contributed by atoms with Crippen LogP contribution >= 0.6 is 0 Å². The van der Waals surface area contributed by atoms with Crippen molar-refractivity contribution in [2.75, 3.05) is 11.9 Å². The third-order valence-corrected chi connectivity index (χ3v) is 5.95. The highest BCUT2D eigenvalue weighted by Gasteiger charge is 2.22. The number of benzene rings is 2. The van der Waals surface area contributed by atoms with Crippen LogP contribution in [0.25, 0.3) is 11.1 Å². The number of aromatic nitrogens is 3. The molecule has 36 heavy (non-hydrogen) atoms. The summed E-state index contributed by atoms with van der Waals surface area (Å²) in [5.41, 5.74) is 3.71. The molecule has 0 aliphatic heterocycles. The molecule has 4 aromatic rings. The van der Waals surface area contributed by atoms with E-state index in [1.54, 1.807) is 43.7 Å². The molecule has 0 radical (unpaired) electrons. The zero-order chi connectivity index (χ0) is 25.5. The molecule has 0 aliphatic rings. The summed E-state index contributed by atoms with van der Waals surface area (Å²) in [6.45, 7) is 2.63. The fourth-order valence-electron chi connectivity index (χ4n) is 3.77. The van der Waals surface area contributed by atoms with Crippen LogP contribution in [0.1, 0.15) is 35.6 Å². The minimum Gasteiger partial charge on any atom is -0.309 e. The molecule has 0 fully saturated rings. The average molecular weight is 479 g/mol. The van der Waals surface area contributed by atoms with Gasteiger partial charge in [0.15, 0.2) is 0 Å². The highest BCUT2D eigenvalue weighted by Crippen LogP contribution is 2.21. The van der Waals surface area contributed by atoms with Gasteiger partial charge in [0.05, 0.1) is 17.8 Å². The van der Waals surface area contributed by atoms with Crippen molar-refractivity contribution in [2.24, 2.45) is 7.05 Å². The first-order valence-corrected chi connectivity index (χ1v) is 11.5. The molecule has 1 amide bonds. The summed E-state index contributed by atoms with van der Waals surface area (Å²) < 4.78 is 1.25. The van der Waals surface area contributed by atoms with Crippen LogP contribution in [0.5, 0.6) is 0 Å². The van der Waals surface area contributed by atoms with Crippen LogP contribution < -0.4 is 16.2 Å². The smallest absolute Gasteiger partial charge is 0.267 e. The summed E-state index contributed by atoms with van der Waals surface area (Å²) >= 11 is 0. The molecule has 0 unspecified atom stereocenters. The van der Waals surface area contributed by atoms with E-state index in [4.69, 9.17) is 5.26 Å². The molecule has 2 aromatic heterocycles. The number of hydrogen-bond acceptors (Lipinski definition) is 6. The second-order valence-electron chi connectivity index (χ2n) is 8.51. The number of nitrogens with zero attached hydrogens (tertiary/aromatic N) is 4. The maximum absolute atomic E-state index is 13.3. The Morgan fingerprint density at radius 1 is 1.00 bits per heavy atom. The number of rotatable bonds is 8. The molecule has 8 heteroatoms. The van der Waals surface area contributed by atoms with Crippen LogP contribution in [0.2, 0.25) is 0 Å². The number of hydrogen-bond donors (Lipinski definition) is 2. The van der Waals surface area contributed by atoms with Gasteiger partial charge in [0.1, 0.15) is 11.9 Å². The van der Waals surface area contributed by atoms with Gasteiger partial charge in [0, 0.05) is 37.0 Å². The van der Waals surface area contributed by atoms with E-state index >= 15 is 0 Å². The monoisotopic (exact) mass is 478 g/mol. The van der Waals surface area contributed by atoms with E-state index in [0.29, 0.717) is 23.5 Å². The zero-order valence-corrected chi connectivity index (χ0v) is 20.1. The number of nitriles is 1. The Bertz CT molecular complexity index is 1420. The summed E-state index contributed by atoms with van der Waals surface area (Å²) in [6.07, 6.45) is 3.20. The summed E-state index contributed by atoms with van der Waals surface area (Å²) in [4.78, 5) is 29.5. The predicted octanol–water partition coefficient (Wildman–Crippen LogP) is 3.79. The van der Waals surface area contributed by atoms with Gasteiger partial charge in [-0.05, 0) is 41.3 Å². The average Bonchev–Trinajstić information content (AvgIpc) is 2.91. The summed E-state index contributed by atoms with van der Waals surface area (Å²) in [5, 5.41) is 19.3. The van der Waals surface area contributed by atoms with E-state index in [2.05, 4.69) is 33.7 Å². The van der Waals surface area contributed by atoms with Gasteiger partial charge in [0.25, 0.3) is 5.56 Å². The SMILES string of the molecule is C[C@@H](CN[C@@H](C(=O)Nc1ccc(-c2cnn(C)c(=O)c2)cn1)c1ccccc1)c1ccc(C#N)cc1. The number of aryl methyl sites for hydroxylation is 1. The summed E-state index contributed by atoms with van der Waals surface area (Å²) in [6, 6.07) is 23.5. The van der Waals surface area contributed by atoms with Gasteiger partial charge in [-0.2, -0.15) is 10.4 Å². The van der Waals surface area contributed by atoms with Gasteiger partial charge in [-0.15, -0.1) is 0 Å².